The Morgan fingerprint density at radius 1 is 1.29 bits per heavy atom. The summed E-state index contributed by atoms with van der Waals surface area (Å²) in [6.07, 6.45) is 4.30. The van der Waals surface area contributed by atoms with E-state index in [0.717, 1.165) is 6.42 Å². The maximum atomic E-state index is 5.68. The average Bonchev–Trinajstić information content (AvgIpc) is 3.03. The molecule has 1 atom stereocenters. The first-order valence-corrected chi connectivity index (χ1v) is 7.66. The SMILES string of the molecule is CC(C)Cc1nnc([C@H](C)Sc2nc3ncccn3n2)o1. The standard InChI is InChI=1S/C13H16N6OS/c1-8(2)7-10-16-17-11(20-10)9(3)21-13-15-12-14-5-4-6-19(12)18-13/h4-6,8-9H,7H2,1-3H3/t9-/m0/s1. The van der Waals surface area contributed by atoms with Crippen molar-refractivity contribution in [1.82, 2.24) is 29.8 Å². The van der Waals surface area contributed by atoms with Gasteiger partial charge in [0.05, 0.1) is 5.25 Å². The molecule has 0 bridgehead atoms. The van der Waals surface area contributed by atoms with E-state index in [9.17, 15) is 0 Å². The molecule has 0 N–H and O–H groups in total. The zero-order valence-electron chi connectivity index (χ0n) is 12.1. The molecule has 0 spiro atoms. The summed E-state index contributed by atoms with van der Waals surface area (Å²) in [5.41, 5.74) is 0. The molecular formula is C13H16N6OS. The lowest BCUT2D eigenvalue weighted by atomic mass is 10.1. The molecule has 0 aromatic carbocycles. The lowest BCUT2D eigenvalue weighted by Gasteiger charge is -2.02. The van der Waals surface area contributed by atoms with E-state index in [0.29, 0.717) is 28.6 Å². The number of hydrogen-bond donors (Lipinski definition) is 0. The van der Waals surface area contributed by atoms with Crippen LogP contribution in [0.15, 0.2) is 28.0 Å². The van der Waals surface area contributed by atoms with E-state index >= 15 is 0 Å². The van der Waals surface area contributed by atoms with Gasteiger partial charge in [-0.1, -0.05) is 25.6 Å². The summed E-state index contributed by atoms with van der Waals surface area (Å²) in [5.74, 6) is 2.35. The second-order valence-corrected chi connectivity index (χ2v) is 6.46. The molecule has 110 valence electrons. The predicted octanol–water partition coefficient (Wildman–Crippen LogP) is 2.56. The molecule has 21 heavy (non-hydrogen) atoms. The smallest absolute Gasteiger partial charge is 0.253 e. The van der Waals surface area contributed by atoms with Gasteiger partial charge in [0.15, 0.2) is 0 Å². The van der Waals surface area contributed by atoms with Gasteiger partial charge >= 0.3 is 0 Å². The summed E-state index contributed by atoms with van der Waals surface area (Å²) >= 11 is 1.48. The fourth-order valence-electron chi connectivity index (χ4n) is 1.83. The molecule has 7 nitrogen and oxygen atoms in total. The van der Waals surface area contributed by atoms with Crippen LogP contribution in [-0.4, -0.2) is 29.8 Å². The summed E-state index contributed by atoms with van der Waals surface area (Å²) in [7, 11) is 0. The lowest BCUT2D eigenvalue weighted by molar-refractivity contribution is 0.426. The molecule has 3 heterocycles. The van der Waals surface area contributed by atoms with Crippen LogP contribution in [-0.2, 0) is 6.42 Å². The second-order valence-electron chi connectivity index (χ2n) is 5.15. The van der Waals surface area contributed by atoms with Gasteiger partial charge in [-0.25, -0.2) is 9.50 Å². The van der Waals surface area contributed by atoms with Crippen molar-refractivity contribution in [3.8, 4) is 0 Å². The molecule has 3 aromatic heterocycles. The molecule has 0 amide bonds. The van der Waals surface area contributed by atoms with Crippen LogP contribution in [0.2, 0.25) is 0 Å². The fourth-order valence-corrected chi connectivity index (χ4v) is 2.62. The topological polar surface area (TPSA) is 82.0 Å². The summed E-state index contributed by atoms with van der Waals surface area (Å²) in [6.45, 7) is 6.24. The molecule has 0 aliphatic heterocycles. The van der Waals surface area contributed by atoms with Gasteiger partial charge in [-0.2, -0.15) is 4.98 Å². The highest BCUT2D eigenvalue weighted by Crippen LogP contribution is 2.32. The normalized spacial score (nSPS) is 13.1. The van der Waals surface area contributed by atoms with Crippen molar-refractivity contribution in [3.05, 3.63) is 30.2 Å². The van der Waals surface area contributed by atoms with Gasteiger partial charge in [-0.3, -0.25) is 0 Å². The minimum absolute atomic E-state index is 0.00387. The first kappa shape index (κ1) is 14.0. The Hall–Kier alpha value is -1.96. The Labute approximate surface area is 126 Å². The van der Waals surface area contributed by atoms with Gasteiger partial charge in [-0.05, 0) is 18.9 Å². The van der Waals surface area contributed by atoms with Crippen molar-refractivity contribution >= 4 is 17.5 Å². The molecule has 0 unspecified atom stereocenters. The third kappa shape index (κ3) is 3.21. The van der Waals surface area contributed by atoms with Crippen LogP contribution in [0.1, 0.15) is 37.8 Å². The van der Waals surface area contributed by atoms with Gasteiger partial charge in [0.2, 0.25) is 16.9 Å². The molecule has 0 aliphatic rings. The maximum Gasteiger partial charge on any atom is 0.253 e. The van der Waals surface area contributed by atoms with E-state index < -0.39 is 0 Å². The Balaban J connectivity index is 1.73. The number of fused-ring (bicyclic) bond motifs is 1. The number of nitrogens with zero attached hydrogens (tertiary/aromatic N) is 6. The number of thioether (sulfide) groups is 1. The Morgan fingerprint density at radius 3 is 2.90 bits per heavy atom. The van der Waals surface area contributed by atoms with Crippen molar-refractivity contribution in [1.29, 1.82) is 0 Å². The van der Waals surface area contributed by atoms with E-state index in [4.69, 9.17) is 4.42 Å². The summed E-state index contributed by atoms with van der Waals surface area (Å²) in [6, 6.07) is 1.82. The molecule has 0 saturated carbocycles. The average molecular weight is 304 g/mol. The molecule has 3 rings (SSSR count). The molecule has 0 radical (unpaired) electrons. The number of rotatable bonds is 5. The highest BCUT2D eigenvalue weighted by molar-refractivity contribution is 7.99. The van der Waals surface area contributed by atoms with Crippen molar-refractivity contribution in [2.45, 2.75) is 37.6 Å². The van der Waals surface area contributed by atoms with Gasteiger partial charge < -0.3 is 4.42 Å². The fraction of sp³-hybridized carbons (Fsp3) is 0.462. The third-order valence-electron chi connectivity index (χ3n) is 2.79. The number of aromatic nitrogens is 6. The highest BCUT2D eigenvalue weighted by atomic mass is 32.2. The highest BCUT2D eigenvalue weighted by Gasteiger charge is 2.18. The van der Waals surface area contributed by atoms with Crippen LogP contribution in [0, 0.1) is 5.92 Å². The molecule has 0 saturated heterocycles. The van der Waals surface area contributed by atoms with Crippen LogP contribution in [0.25, 0.3) is 5.78 Å². The van der Waals surface area contributed by atoms with Crippen molar-refractivity contribution in [2.24, 2.45) is 5.92 Å². The first-order chi connectivity index (χ1) is 10.1. The monoisotopic (exact) mass is 304 g/mol. The Kier molecular flexibility index (Phi) is 3.87. The van der Waals surface area contributed by atoms with E-state index in [2.05, 4.69) is 39.1 Å². The molecule has 0 fully saturated rings. The van der Waals surface area contributed by atoms with Gasteiger partial charge in [-0.15, -0.1) is 15.3 Å². The van der Waals surface area contributed by atoms with E-state index in [1.807, 2.05) is 19.2 Å². The minimum Gasteiger partial charge on any atom is -0.424 e. The summed E-state index contributed by atoms with van der Waals surface area (Å²) in [5, 5.41) is 13.2. The van der Waals surface area contributed by atoms with Crippen LogP contribution < -0.4 is 0 Å². The van der Waals surface area contributed by atoms with Gasteiger partial charge in [0.25, 0.3) is 5.78 Å². The molecule has 0 aliphatic carbocycles. The summed E-state index contributed by atoms with van der Waals surface area (Å²) < 4.78 is 7.33. The second kappa shape index (κ2) is 5.80. The quantitative estimate of drug-likeness (QED) is 0.670. The van der Waals surface area contributed by atoms with Crippen molar-refractivity contribution in [2.75, 3.05) is 0 Å². The van der Waals surface area contributed by atoms with Crippen LogP contribution in [0.5, 0.6) is 0 Å². The predicted molar refractivity (Wildman–Crippen MR) is 77.9 cm³/mol. The van der Waals surface area contributed by atoms with Gasteiger partial charge in [0.1, 0.15) is 0 Å². The van der Waals surface area contributed by atoms with E-state index in [1.54, 1.807) is 10.7 Å². The lowest BCUT2D eigenvalue weighted by Crippen LogP contribution is -1.93. The van der Waals surface area contributed by atoms with Gasteiger partial charge in [0, 0.05) is 18.8 Å². The Bertz CT molecular complexity index is 704. The number of hydrogen-bond acceptors (Lipinski definition) is 7. The van der Waals surface area contributed by atoms with Crippen LogP contribution >= 0.6 is 11.8 Å². The van der Waals surface area contributed by atoms with Crippen LogP contribution in [0.4, 0.5) is 0 Å². The van der Waals surface area contributed by atoms with Crippen molar-refractivity contribution < 1.29 is 4.42 Å². The zero-order chi connectivity index (χ0) is 14.8. The van der Waals surface area contributed by atoms with E-state index in [-0.39, 0.29) is 5.25 Å². The van der Waals surface area contributed by atoms with E-state index in [1.165, 1.54) is 11.8 Å². The zero-order valence-corrected chi connectivity index (χ0v) is 12.9. The van der Waals surface area contributed by atoms with Crippen molar-refractivity contribution in [3.63, 3.8) is 0 Å². The maximum absolute atomic E-state index is 5.68. The Morgan fingerprint density at radius 2 is 2.14 bits per heavy atom. The molecular weight excluding hydrogens is 288 g/mol. The van der Waals surface area contributed by atoms with Crippen LogP contribution in [0.3, 0.4) is 0 Å². The molecule has 8 heteroatoms. The minimum atomic E-state index is -0.00387. The summed E-state index contributed by atoms with van der Waals surface area (Å²) in [4.78, 5) is 8.49. The largest absolute Gasteiger partial charge is 0.424 e. The first-order valence-electron chi connectivity index (χ1n) is 6.78. The third-order valence-corrected chi connectivity index (χ3v) is 3.73. The molecule has 3 aromatic rings.